The van der Waals surface area contributed by atoms with Crippen LogP contribution in [0.2, 0.25) is 0 Å². The predicted octanol–water partition coefficient (Wildman–Crippen LogP) is 2.88. The molecule has 0 radical (unpaired) electrons. The molecule has 0 spiro atoms. The maximum absolute atomic E-state index is 13.5. The van der Waals surface area contributed by atoms with Gasteiger partial charge >= 0.3 is 0 Å². The molecule has 1 rings (SSSR count). The first-order chi connectivity index (χ1) is 7.94. The van der Waals surface area contributed by atoms with Crippen LogP contribution >= 0.6 is 15.9 Å². The molecule has 0 heterocycles. The summed E-state index contributed by atoms with van der Waals surface area (Å²) in [7, 11) is 0. The molecule has 0 aromatic heterocycles. The molecule has 0 fully saturated rings. The van der Waals surface area contributed by atoms with E-state index < -0.39 is 5.60 Å². The summed E-state index contributed by atoms with van der Waals surface area (Å²) in [6, 6.07) is 4.78. The number of halogens is 2. The molecule has 1 atom stereocenters. The highest BCUT2D eigenvalue weighted by atomic mass is 79.9. The Labute approximate surface area is 110 Å². The molecule has 1 aromatic carbocycles. The molecule has 0 saturated carbocycles. The lowest BCUT2D eigenvalue weighted by Crippen LogP contribution is -2.40. The first-order valence-corrected chi connectivity index (χ1v) is 6.61. The van der Waals surface area contributed by atoms with Gasteiger partial charge in [0.2, 0.25) is 0 Å². The van der Waals surface area contributed by atoms with Crippen molar-refractivity contribution in [1.29, 1.82) is 0 Å². The van der Waals surface area contributed by atoms with Crippen molar-refractivity contribution in [3.8, 4) is 0 Å². The third kappa shape index (κ3) is 5.15. The third-order valence-corrected chi connectivity index (χ3v) is 3.00. The zero-order valence-electron chi connectivity index (χ0n) is 10.3. The standard InChI is InChI=1S/C13H19BrFNO/c1-3-6-16-9-13(2,17)8-10-7-11(14)4-5-12(10)15/h4-5,7,16-17H,3,6,8-9H2,1-2H3. The Hall–Kier alpha value is -0.450. The summed E-state index contributed by atoms with van der Waals surface area (Å²) in [4.78, 5) is 0. The summed E-state index contributed by atoms with van der Waals surface area (Å²) in [5.74, 6) is -0.274. The summed E-state index contributed by atoms with van der Waals surface area (Å²) < 4.78 is 14.4. The minimum absolute atomic E-state index is 0.274. The van der Waals surface area contributed by atoms with Gasteiger partial charge in [0, 0.05) is 17.4 Å². The third-order valence-electron chi connectivity index (χ3n) is 2.51. The lowest BCUT2D eigenvalue weighted by Gasteiger charge is -2.24. The fraction of sp³-hybridized carbons (Fsp3) is 0.538. The number of benzene rings is 1. The number of aliphatic hydroxyl groups is 1. The van der Waals surface area contributed by atoms with Crippen molar-refractivity contribution in [2.24, 2.45) is 0 Å². The molecule has 0 amide bonds. The molecule has 0 aliphatic heterocycles. The van der Waals surface area contributed by atoms with Crippen LogP contribution in [0.1, 0.15) is 25.8 Å². The van der Waals surface area contributed by atoms with Crippen LogP contribution in [-0.2, 0) is 6.42 Å². The largest absolute Gasteiger partial charge is 0.389 e. The van der Waals surface area contributed by atoms with E-state index in [1.165, 1.54) is 6.07 Å². The summed E-state index contributed by atoms with van der Waals surface area (Å²) >= 11 is 3.30. The average Bonchev–Trinajstić information content (AvgIpc) is 2.23. The molecular formula is C13H19BrFNO. The van der Waals surface area contributed by atoms with Gasteiger partial charge in [-0.15, -0.1) is 0 Å². The van der Waals surface area contributed by atoms with E-state index >= 15 is 0 Å². The molecule has 1 unspecified atom stereocenters. The second-order valence-electron chi connectivity index (χ2n) is 4.59. The van der Waals surface area contributed by atoms with E-state index in [0.717, 1.165) is 17.4 Å². The highest BCUT2D eigenvalue weighted by Crippen LogP contribution is 2.20. The van der Waals surface area contributed by atoms with E-state index in [9.17, 15) is 9.50 Å². The zero-order chi connectivity index (χ0) is 12.9. The van der Waals surface area contributed by atoms with Crippen LogP contribution in [-0.4, -0.2) is 23.8 Å². The molecule has 4 heteroatoms. The first-order valence-electron chi connectivity index (χ1n) is 5.81. The van der Waals surface area contributed by atoms with Gasteiger partial charge in [0.1, 0.15) is 5.82 Å². The average molecular weight is 304 g/mol. The van der Waals surface area contributed by atoms with E-state index in [1.54, 1.807) is 19.1 Å². The maximum Gasteiger partial charge on any atom is 0.126 e. The smallest absolute Gasteiger partial charge is 0.126 e. The van der Waals surface area contributed by atoms with Crippen LogP contribution in [0.5, 0.6) is 0 Å². The van der Waals surface area contributed by atoms with Crippen molar-refractivity contribution in [3.63, 3.8) is 0 Å². The molecule has 0 aliphatic rings. The lowest BCUT2D eigenvalue weighted by molar-refractivity contribution is 0.0595. The van der Waals surface area contributed by atoms with E-state index in [4.69, 9.17) is 0 Å². The number of nitrogens with one attached hydrogen (secondary N) is 1. The van der Waals surface area contributed by atoms with E-state index in [-0.39, 0.29) is 5.82 Å². The van der Waals surface area contributed by atoms with Crippen molar-refractivity contribution in [2.45, 2.75) is 32.3 Å². The maximum atomic E-state index is 13.5. The van der Waals surface area contributed by atoms with Crippen LogP contribution in [0, 0.1) is 5.82 Å². The minimum atomic E-state index is -0.934. The molecular weight excluding hydrogens is 285 g/mol. The topological polar surface area (TPSA) is 32.3 Å². The number of rotatable bonds is 6. The zero-order valence-corrected chi connectivity index (χ0v) is 11.8. The van der Waals surface area contributed by atoms with Crippen molar-refractivity contribution in [3.05, 3.63) is 34.1 Å². The van der Waals surface area contributed by atoms with Gasteiger partial charge in [0.15, 0.2) is 0 Å². The SMILES string of the molecule is CCCNCC(C)(O)Cc1cc(Br)ccc1F. The van der Waals surface area contributed by atoms with Gasteiger partial charge in [0.05, 0.1) is 5.60 Å². The molecule has 2 N–H and O–H groups in total. The Morgan fingerprint density at radius 3 is 2.82 bits per heavy atom. The highest BCUT2D eigenvalue weighted by molar-refractivity contribution is 9.10. The van der Waals surface area contributed by atoms with Gasteiger partial charge in [-0.05, 0) is 43.7 Å². The van der Waals surface area contributed by atoms with Crippen molar-refractivity contribution in [1.82, 2.24) is 5.32 Å². The molecule has 96 valence electrons. The number of hydrogen-bond acceptors (Lipinski definition) is 2. The molecule has 0 aliphatic carbocycles. The van der Waals surface area contributed by atoms with Gasteiger partial charge in [0.25, 0.3) is 0 Å². The van der Waals surface area contributed by atoms with Crippen molar-refractivity contribution >= 4 is 15.9 Å². The summed E-state index contributed by atoms with van der Waals surface area (Å²) in [5, 5.41) is 13.3. The Balaban J connectivity index is 2.65. The number of hydrogen-bond donors (Lipinski definition) is 2. The molecule has 0 bridgehead atoms. The highest BCUT2D eigenvalue weighted by Gasteiger charge is 2.22. The molecule has 0 saturated heterocycles. The fourth-order valence-electron chi connectivity index (χ4n) is 1.69. The monoisotopic (exact) mass is 303 g/mol. The summed E-state index contributed by atoms with van der Waals surface area (Å²) in [6.45, 7) is 5.11. The first kappa shape index (κ1) is 14.6. The lowest BCUT2D eigenvalue weighted by atomic mass is 9.96. The minimum Gasteiger partial charge on any atom is -0.389 e. The van der Waals surface area contributed by atoms with Crippen LogP contribution in [0.3, 0.4) is 0 Å². The van der Waals surface area contributed by atoms with Gasteiger partial charge in [-0.3, -0.25) is 0 Å². The van der Waals surface area contributed by atoms with Gasteiger partial charge < -0.3 is 10.4 Å². The summed E-state index contributed by atoms with van der Waals surface area (Å²) in [5.41, 5.74) is -0.403. The van der Waals surface area contributed by atoms with Gasteiger partial charge in [-0.2, -0.15) is 0 Å². The second-order valence-corrected chi connectivity index (χ2v) is 5.50. The van der Waals surface area contributed by atoms with Crippen molar-refractivity contribution < 1.29 is 9.50 Å². The van der Waals surface area contributed by atoms with Crippen molar-refractivity contribution in [2.75, 3.05) is 13.1 Å². The van der Waals surface area contributed by atoms with Crippen LogP contribution in [0.15, 0.2) is 22.7 Å². The summed E-state index contributed by atoms with van der Waals surface area (Å²) in [6.07, 6.45) is 1.32. The quantitative estimate of drug-likeness (QED) is 0.792. The fourth-order valence-corrected chi connectivity index (χ4v) is 2.09. The molecule has 2 nitrogen and oxygen atoms in total. The van der Waals surface area contributed by atoms with Crippen LogP contribution in [0.4, 0.5) is 4.39 Å². The Morgan fingerprint density at radius 1 is 1.47 bits per heavy atom. The van der Waals surface area contributed by atoms with E-state index in [1.807, 2.05) is 0 Å². The van der Waals surface area contributed by atoms with E-state index in [0.29, 0.717) is 18.5 Å². The van der Waals surface area contributed by atoms with Crippen LogP contribution < -0.4 is 5.32 Å². The van der Waals surface area contributed by atoms with Crippen LogP contribution in [0.25, 0.3) is 0 Å². The van der Waals surface area contributed by atoms with E-state index in [2.05, 4.69) is 28.2 Å². The Morgan fingerprint density at radius 2 is 2.18 bits per heavy atom. The van der Waals surface area contributed by atoms with Gasteiger partial charge in [-0.1, -0.05) is 22.9 Å². The molecule has 17 heavy (non-hydrogen) atoms. The predicted molar refractivity (Wildman–Crippen MR) is 71.6 cm³/mol. The second kappa shape index (κ2) is 6.47. The van der Waals surface area contributed by atoms with Gasteiger partial charge in [-0.25, -0.2) is 4.39 Å². The molecule has 1 aromatic rings. The Kier molecular flexibility index (Phi) is 5.56. The Bertz CT molecular complexity index is 368. The normalized spacial score (nSPS) is 14.6.